The van der Waals surface area contributed by atoms with Gasteiger partial charge in [0.05, 0.1) is 35.9 Å². The third-order valence-corrected chi connectivity index (χ3v) is 8.29. The van der Waals surface area contributed by atoms with Gasteiger partial charge in [0.1, 0.15) is 5.82 Å². The number of aliphatic hydroxyl groups is 1. The van der Waals surface area contributed by atoms with Crippen molar-refractivity contribution in [3.05, 3.63) is 52.9 Å². The van der Waals surface area contributed by atoms with Gasteiger partial charge >= 0.3 is 0 Å². The maximum absolute atomic E-state index is 10.6. The Morgan fingerprint density at radius 1 is 1.15 bits per heavy atom. The molecule has 6 rings (SSSR count). The van der Waals surface area contributed by atoms with Gasteiger partial charge in [0.2, 0.25) is 0 Å². The molecule has 0 aromatic carbocycles. The first-order valence-electron chi connectivity index (χ1n) is 13.2. The van der Waals surface area contributed by atoms with E-state index in [0.717, 1.165) is 81.7 Å². The SMILES string of the molecule is CN1CCN(C2CC=Cc3nc(CN(CC4CC4)[C@H]4CCCc5cccnc54)c(CO)n32)CC1. The Labute approximate surface area is 203 Å². The second-order valence-corrected chi connectivity index (χ2v) is 10.7. The summed E-state index contributed by atoms with van der Waals surface area (Å²) in [5, 5.41) is 10.6. The molecule has 4 aliphatic rings. The number of aliphatic hydroxyl groups excluding tert-OH is 1. The summed E-state index contributed by atoms with van der Waals surface area (Å²) in [6.07, 6.45) is 13.8. The van der Waals surface area contributed by atoms with E-state index in [1.165, 1.54) is 30.5 Å². The van der Waals surface area contributed by atoms with Crippen LogP contribution in [0.15, 0.2) is 24.4 Å². The van der Waals surface area contributed by atoms with Crippen molar-refractivity contribution in [2.24, 2.45) is 5.92 Å². The summed E-state index contributed by atoms with van der Waals surface area (Å²) in [7, 11) is 2.20. The zero-order valence-corrected chi connectivity index (χ0v) is 20.4. The van der Waals surface area contributed by atoms with Crippen LogP contribution in [0.25, 0.3) is 6.08 Å². The van der Waals surface area contributed by atoms with Crippen molar-refractivity contribution in [3.63, 3.8) is 0 Å². The van der Waals surface area contributed by atoms with Gasteiger partial charge in [-0.2, -0.15) is 0 Å². The second kappa shape index (κ2) is 9.53. The first-order valence-corrected chi connectivity index (χ1v) is 13.2. The van der Waals surface area contributed by atoms with E-state index in [4.69, 9.17) is 9.97 Å². The molecular formula is C27H38N6O. The van der Waals surface area contributed by atoms with Crippen molar-refractivity contribution in [1.29, 1.82) is 0 Å². The number of aromatic nitrogens is 3. The highest BCUT2D eigenvalue weighted by Crippen LogP contribution is 2.39. The number of imidazole rings is 1. The fourth-order valence-corrected chi connectivity index (χ4v) is 6.18. The first kappa shape index (κ1) is 22.4. The summed E-state index contributed by atoms with van der Waals surface area (Å²) in [6, 6.07) is 4.67. The molecule has 2 atom stereocenters. The molecule has 1 N–H and O–H groups in total. The predicted molar refractivity (Wildman–Crippen MR) is 133 cm³/mol. The van der Waals surface area contributed by atoms with Crippen molar-refractivity contribution in [2.45, 2.75) is 63.9 Å². The molecule has 2 aromatic heterocycles. The van der Waals surface area contributed by atoms with Gasteiger partial charge < -0.3 is 14.6 Å². The third-order valence-electron chi connectivity index (χ3n) is 8.29. The molecule has 2 aliphatic carbocycles. The molecule has 1 unspecified atom stereocenters. The molecule has 7 nitrogen and oxygen atoms in total. The maximum atomic E-state index is 10.6. The van der Waals surface area contributed by atoms with Crippen molar-refractivity contribution < 1.29 is 5.11 Å². The van der Waals surface area contributed by atoms with E-state index < -0.39 is 0 Å². The average molecular weight is 463 g/mol. The predicted octanol–water partition coefficient (Wildman–Crippen LogP) is 3.22. The molecule has 4 heterocycles. The molecule has 1 saturated heterocycles. The van der Waals surface area contributed by atoms with Crippen LogP contribution < -0.4 is 0 Å². The maximum Gasteiger partial charge on any atom is 0.134 e. The molecule has 182 valence electrons. The van der Waals surface area contributed by atoms with E-state index in [2.05, 4.69) is 50.6 Å². The second-order valence-electron chi connectivity index (χ2n) is 10.7. The minimum atomic E-state index is 0.0389. The fourth-order valence-electron chi connectivity index (χ4n) is 6.18. The fraction of sp³-hybridized carbons (Fsp3) is 0.630. The number of nitrogens with zero attached hydrogens (tertiary/aromatic N) is 6. The highest BCUT2D eigenvalue weighted by molar-refractivity contribution is 5.46. The van der Waals surface area contributed by atoms with Crippen molar-refractivity contribution in [3.8, 4) is 0 Å². The number of rotatable bonds is 7. The topological polar surface area (TPSA) is 60.7 Å². The Balaban J connectivity index is 1.31. The van der Waals surface area contributed by atoms with Crippen LogP contribution in [0.1, 0.15) is 72.8 Å². The Morgan fingerprint density at radius 2 is 2.00 bits per heavy atom. The van der Waals surface area contributed by atoms with Crippen LogP contribution in [-0.2, 0) is 19.6 Å². The van der Waals surface area contributed by atoms with E-state index in [1.807, 2.05) is 6.20 Å². The van der Waals surface area contributed by atoms with Crippen LogP contribution in [0.4, 0.5) is 0 Å². The van der Waals surface area contributed by atoms with Gasteiger partial charge in [-0.25, -0.2) is 4.98 Å². The zero-order chi connectivity index (χ0) is 23.1. The van der Waals surface area contributed by atoms with Crippen molar-refractivity contribution in [2.75, 3.05) is 39.8 Å². The number of fused-ring (bicyclic) bond motifs is 2. The van der Waals surface area contributed by atoms with E-state index in [0.29, 0.717) is 6.04 Å². The standard InChI is InChI=1S/C27H38N6O/c1-30-13-15-31(16-14-30)26-9-3-8-25-29-22(24(19-34)33(25)26)18-32(17-20-10-11-20)23-7-2-5-21-6-4-12-28-27(21)23/h3-4,6,8,12,20,23,26,34H,2,5,7,9-11,13-19H2,1H3/t23-,26?/m0/s1. The molecule has 0 radical (unpaired) electrons. The number of pyridine rings is 1. The van der Waals surface area contributed by atoms with Crippen molar-refractivity contribution >= 4 is 6.08 Å². The first-order chi connectivity index (χ1) is 16.7. The van der Waals surface area contributed by atoms with Crippen LogP contribution in [0.5, 0.6) is 0 Å². The number of piperazine rings is 1. The van der Waals surface area contributed by atoms with Gasteiger partial charge in [-0.15, -0.1) is 0 Å². The largest absolute Gasteiger partial charge is 0.390 e. The average Bonchev–Trinajstić information content (AvgIpc) is 3.62. The highest BCUT2D eigenvalue weighted by Gasteiger charge is 2.35. The lowest BCUT2D eigenvalue weighted by Gasteiger charge is -2.40. The van der Waals surface area contributed by atoms with Crippen LogP contribution in [-0.4, -0.2) is 74.1 Å². The molecule has 0 spiro atoms. The molecule has 34 heavy (non-hydrogen) atoms. The number of hydrogen-bond donors (Lipinski definition) is 1. The Bertz CT molecular complexity index is 1040. The summed E-state index contributed by atoms with van der Waals surface area (Å²) >= 11 is 0. The number of hydrogen-bond acceptors (Lipinski definition) is 6. The van der Waals surface area contributed by atoms with E-state index in [1.54, 1.807) is 0 Å². The highest BCUT2D eigenvalue weighted by atomic mass is 16.3. The quantitative estimate of drug-likeness (QED) is 0.682. The lowest BCUT2D eigenvalue weighted by molar-refractivity contribution is 0.0717. The minimum absolute atomic E-state index is 0.0389. The Hall–Kier alpha value is -2.06. The monoisotopic (exact) mass is 462 g/mol. The smallest absolute Gasteiger partial charge is 0.134 e. The van der Waals surface area contributed by atoms with Crippen LogP contribution in [0.2, 0.25) is 0 Å². The van der Waals surface area contributed by atoms with Gasteiger partial charge in [0.25, 0.3) is 0 Å². The van der Waals surface area contributed by atoms with Gasteiger partial charge in [-0.05, 0) is 62.8 Å². The van der Waals surface area contributed by atoms with Crippen LogP contribution in [0.3, 0.4) is 0 Å². The molecule has 1 saturated carbocycles. The summed E-state index contributed by atoms with van der Waals surface area (Å²) in [4.78, 5) is 17.6. The molecule has 0 amide bonds. The minimum Gasteiger partial charge on any atom is -0.390 e. The number of likely N-dealkylation sites (N-methyl/N-ethyl adjacent to an activating group) is 1. The number of aryl methyl sites for hydroxylation is 1. The lowest BCUT2D eigenvalue weighted by atomic mass is 9.90. The summed E-state index contributed by atoms with van der Waals surface area (Å²) in [5.74, 6) is 1.80. The van der Waals surface area contributed by atoms with Crippen LogP contribution >= 0.6 is 0 Å². The molecule has 2 aliphatic heterocycles. The third kappa shape index (κ3) is 4.35. The van der Waals surface area contributed by atoms with E-state index in [-0.39, 0.29) is 12.8 Å². The summed E-state index contributed by atoms with van der Waals surface area (Å²) < 4.78 is 2.34. The van der Waals surface area contributed by atoms with Crippen LogP contribution in [0, 0.1) is 5.92 Å². The zero-order valence-electron chi connectivity index (χ0n) is 20.4. The molecule has 7 heteroatoms. The molecule has 2 fully saturated rings. The molecule has 2 aromatic rings. The van der Waals surface area contributed by atoms with Gasteiger partial charge in [-0.3, -0.25) is 14.8 Å². The summed E-state index contributed by atoms with van der Waals surface area (Å²) in [6.45, 7) is 6.24. The van der Waals surface area contributed by atoms with E-state index >= 15 is 0 Å². The normalized spacial score (nSPS) is 25.5. The van der Waals surface area contributed by atoms with Gasteiger partial charge in [0.15, 0.2) is 0 Å². The molecular weight excluding hydrogens is 424 g/mol. The summed E-state index contributed by atoms with van der Waals surface area (Å²) in [5.41, 5.74) is 4.72. The van der Waals surface area contributed by atoms with Gasteiger partial charge in [-0.1, -0.05) is 12.1 Å². The Morgan fingerprint density at radius 3 is 2.79 bits per heavy atom. The van der Waals surface area contributed by atoms with E-state index in [9.17, 15) is 5.11 Å². The van der Waals surface area contributed by atoms with Crippen molar-refractivity contribution in [1.82, 2.24) is 29.2 Å². The van der Waals surface area contributed by atoms with Gasteiger partial charge in [0, 0.05) is 51.9 Å². The lowest BCUT2D eigenvalue weighted by Crippen LogP contribution is -2.48. The molecule has 0 bridgehead atoms. The Kier molecular flexibility index (Phi) is 6.28.